The van der Waals surface area contributed by atoms with Crippen LogP contribution in [0.2, 0.25) is 5.02 Å². The smallest absolute Gasteiger partial charge is 0.258 e. The molecule has 72 valence electrons. The number of benzene rings is 1. The highest BCUT2D eigenvalue weighted by molar-refractivity contribution is 6.31. The van der Waals surface area contributed by atoms with Crippen LogP contribution in [0.15, 0.2) is 17.1 Å². The predicted octanol–water partition coefficient (Wildman–Crippen LogP) is 2.52. The fourth-order valence-electron chi connectivity index (χ4n) is 0.995. The van der Waals surface area contributed by atoms with Gasteiger partial charge in [0.25, 0.3) is 5.69 Å². The van der Waals surface area contributed by atoms with Crippen LogP contribution in [0.3, 0.4) is 0 Å². The minimum Gasteiger partial charge on any atom is -0.258 e. The van der Waals surface area contributed by atoms with Crippen LogP contribution in [-0.4, -0.2) is 11.0 Å². The van der Waals surface area contributed by atoms with E-state index >= 15 is 0 Å². The molecule has 0 amide bonds. The third-order valence-electron chi connectivity index (χ3n) is 1.70. The van der Waals surface area contributed by atoms with Crippen LogP contribution in [0.5, 0.6) is 0 Å². The Morgan fingerprint density at radius 3 is 2.71 bits per heavy atom. The van der Waals surface area contributed by atoms with Crippen molar-refractivity contribution in [2.75, 3.05) is 0 Å². The van der Waals surface area contributed by atoms with Crippen molar-refractivity contribution in [1.82, 2.24) is 0 Å². The number of nitro benzene ring substituents is 1. The predicted molar refractivity (Wildman–Crippen MR) is 50.6 cm³/mol. The van der Waals surface area contributed by atoms with E-state index in [-0.39, 0.29) is 11.4 Å². The molecule has 0 radical (unpaired) electrons. The average Bonchev–Trinajstić information content (AvgIpc) is 2.13. The van der Waals surface area contributed by atoms with E-state index < -0.39 is 4.92 Å². The third kappa shape index (κ3) is 1.79. The van der Waals surface area contributed by atoms with Crippen molar-refractivity contribution in [3.63, 3.8) is 0 Å². The Morgan fingerprint density at radius 1 is 1.57 bits per heavy atom. The number of nitro groups is 1. The summed E-state index contributed by atoms with van der Waals surface area (Å²) in [5, 5.41) is 10.9. The number of nitrogens with zero attached hydrogens (tertiary/aromatic N) is 2. The van der Waals surface area contributed by atoms with E-state index in [0.29, 0.717) is 10.6 Å². The van der Waals surface area contributed by atoms with Gasteiger partial charge in [-0.2, -0.15) is 4.99 Å². The second-order valence-corrected chi connectivity index (χ2v) is 2.91. The molecular weight excluding hydrogens is 208 g/mol. The Bertz CT molecular complexity index is 438. The first-order valence-corrected chi connectivity index (χ1v) is 3.97. The van der Waals surface area contributed by atoms with E-state index in [1.807, 2.05) is 0 Å². The highest BCUT2D eigenvalue weighted by atomic mass is 35.5. The van der Waals surface area contributed by atoms with E-state index in [1.165, 1.54) is 18.2 Å². The van der Waals surface area contributed by atoms with Gasteiger partial charge >= 0.3 is 0 Å². The van der Waals surface area contributed by atoms with Gasteiger partial charge in [0.1, 0.15) is 0 Å². The van der Waals surface area contributed by atoms with Gasteiger partial charge in [0, 0.05) is 16.7 Å². The molecule has 1 rings (SSSR count). The maximum atomic E-state index is 10.5. The minimum atomic E-state index is -0.625. The Kier molecular flexibility index (Phi) is 2.96. The molecule has 0 atom stereocenters. The lowest BCUT2D eigenvalue weighted by Crippen LogP contribution is -1.90. The summed E-state index contributed by atoms with van der Waals surface area (Å²) >= 11 is 5.71. The molecule has 1 aromatic carbocycles. The van der Waals surface area contributed by atoms with Crippen LogP contribution in [0, 0.1) is 17.0 Å². The van der Waals surface area contributed by atoms with Crippen molar-refractivity contribution in [1.29, 1.82) is 0 Å². The van der Waals surface area contributed by atoms with Gasteiger partial charge in [-0.05, 0) is 13.0 Å². The molecule has 0 bridgehead atoms. The molecule has 6 heteroatoms. The summed E-state index contributed by atoms with van der Waals surface area (Å²) in [5.74, 6) is 0. The van der Waals surface area contributed by atoms with Crippen molar-refractivity contribution >= 4 is 29.1 Å². The van der Waals surface area contributed by atoms with Crippen molar-refractivity contribution in [2.45, 2.75) is 6.92 Å². The molecule has 0 heterocycles. The summed E-state index contributed by atoms with van der Waals surface area (Å²) < 4.78 is 0. The Balaban J connectivity index is 3.52. The molecule has 0 unspecified atom stereocenters. The van der Waals surface area contributed by atoms with E-state index in [1.54, 1.807) is 6.92 Å². The molecule has 0 N–H and O–H groups in total. The summed E-state index contributed by atoms with van der Waals surface area (Å²) in [6.07, 6.45) is 1.26. The topological polar surface area (TPSA) is 72.6 Å². The van der Waals surface area contributed by atoms with Crippen LogP contribution in [0.25, 0.3) is 0 Å². The number of rotatable bonds is 2. The quantitative estimate of drug-likeness (QED) is 0.327. The zero-order valence-corrected chi connectivity index (χ0v) is 7.91. The lowest BCUT2D eigenvalue weighted by molar-refractivity contribution is -0.384. The van der Waals surface area contributed by atoms with Gasteiger partial charge in [-0.15, -0.1) is 0 Å². The molecule has 0 aliphatic heterocycles. The first kappa shape index (κ1) is 10.4. The molecule has 0 spiro atoms. The summed E-state index contributed by atoms with van der Waals surface area (Å²) in [6, 6.07) is 2.59. The van der Waals surface area contributed by atoms with E-state index in [2.05, 4.69) is 4.99 Å². The van der Waals surface area contributed by atoms with Crippen LogP contribution < -0.4 is 0 Å². The molecule has 0 saturated heterocycles. The lowest BCUT2D eigenvalue weighted by Gasteiger charge is -2.01. The monoisotopic (exact) mass is 212 g/mol. The zero-order chi connectivity index (χ0) is 10.7. The molecule has 0 fully saturated rings. The van der Waals surface area contributed by atoms with Crippen molar-refractivity contribution in [2.24, 2.45) is 4.99 Å². The normalized spacial score (nSPS) is 9.29. The average molecular weight is 213 g/mol. The van der Waals surface area contributed by atoms with E-state index in [0.717, 1.165) is 0 Å². The van der Waals surface area contributed by atoms with E-state index in [4.69, 9.17) is 11.6 Å². The number of halogens is 1. The van der Waals surface area contributed by atoms with Crippen LogP contribution in [0.4, 0.5) is 11.4 Å². The van der Waals surface area contributed by atoms with Gasteiger partial charge in [0.05, 0.1) is 4.92 Å². The Hall–Kier alpha value is -1.71. The second kappa shape index (κ2) is 4.00. The maximum Gasteiger partial charge on any atom is 0.296 e. The summed E-state index contributed by atoms with van der Waals surface area (Å²) in [4.78, 5) is 23.2. The molecular formula is C8H5ClN2O3. The molecule has 1 aromatic rings. The Labute approximate surface area is 84.2 Å². The van der Waals surface area contributed by atoms with Crippen molar-refractivity contribution in [3.05, 3.63) is 32.8 Å². The highest BCUT2D eigenvalue weighted by Crippen LogP contribution is 2.34. The number of hydrogen-bond acceptors (Lipinski definition) is 4. The minimum absolute atomic E-state index is 0.0440. The summed E-state index contributed by atoms with van der Waals surface area (Å²) in [6.45, 7) is 1.55. The van der Waals surface area contributed by atoms with Gasteiger partial charge in [-0.25, -0.2) is 4.79 Å². The maximum absolute atomic E-state index is 10.5. The molecule has 0 aliphatic rings. The van der Waals surface area contributed by atoms with Crippen LogP contribution in [0.1, 0.15) is 5.56 Å². The van der Waals surface area contributed by atoms with Crippen molar-refractivity contribution in [3.8, 4) is 0 Å². The van der Waals surface area contributed by atoms with Gasteiger partial charge in [0.2, 0.25) is 6.08 Å². The van der Waals surface area contributed by atoms with E-state index in [9.17, 15) is 14.9 Å². The van der Waals surface area contributed by atoms with Gasteiger partial charge in [-0.1, -0.05) is 11.6 Å². The summed E-state index contributed by atoms with van der Waals surface area (Å²) in [5.41, 5.74) is 0.0944. The van der Waals surface area contributed by atoms with Gasteiger partial charge < -0.3 is 0 Å². The fourth-order valence-corrected chi connectivity index (χ4v) is 1.15. The second-order valence-electron chi connectivity index (χ2n) is 2.50. The Morgan fingerprint density at radius 2 is 2.21 bits per heavy atom. The first-order chi connectivity index (χ1) is 6.57. The van der Waals surface area contributed by atoms with Crippen LogP contribution >= 0.6 is 11.6 Å². The standard InChI is InChI=1S/C8H5ClN2O3/c1-5-6(9)2-3-7(11(13)14)8(5)10-4-12/h2-3H,1H3. The lowest BCUT2D eigenvalue weighted by atomic mass is 10.2. The van der Waals surface area contributed by atoms with Crippen LogP contribution in [-0.2, 0) is 4.79 Å². The molecule has 0 aromatic heterocycles. The molecule has 5 nitrogen and oxygen atoms in total. The number of carbonyl (C=O) groups excluding carboxylic acids is 1. The number of aliphatic imine (C=N–C) groups is 1. The highest BCUT2D eigenvalue weighted by Gasteiger charge is 2.17. The fraction of sp³-hybridized carbons (Fsp3) is 0.125. The molecule has 0 aliphatic carbocycles. The molecule has 0 saturated carbocycles. The van der Waals surface area contributed by atoms with Gasteiger partial charge in [-0.3, -0.25) is 10.1 Å². The van der Waals surface area contributed by atoms with Gasteiger partial charge in [0.15, 0.2) is 5.69 Å². The number of hydrogen-bond donors (Lipinski definition) is 0. The first-order valence-electron chi connectivity index (χ1n) is 3.59. The zero-order valence-electron chi connectivity index (χ0n) is 7.15. The summed E-state index contributed by atoms with van der Waals surface area (Å²) in [7, 11) is 0. The van der Waals surface area contributed by atoms with Crippen molar-refractivity contribution < 1.29 is 9.72 Å². The molecule has 14 heavy (non-hydrogen) atoms. The number of isocyanates is 1. The SMILES string of the molecule is Cc1c(Cl)ccc([N+](=O)[O-])c1N=C=O. The largest absolute Gasteiger partial charge is 0.296 e. The third-order valence-corrected chi connectivity index (χ3v) is 2.11.